The number of anilines is 1. The molecule has 9 heteroatoms. The average molecular weight is 413 g/mol. The van der Waals surface area contributed by atoms with Gasteiger partial charge in [0.25, 0.3) is 5.88 Å². The Balaban J connectivity index is 1.29. The summed E-state index contributed by atoms with van der Waals surface area (Å²) in [5.74, 6) is 0.531. The minimum absolute atomic E-state index is 0.112. The standard InChI is InChI=1S/C19H32N4O4S/c1-28(24,25)10-2-9-27-19-18(20)11-22(21-19)14-3-5-15(6-4-14)23-16-7-8-17(23)13-26-12-16/h11,14-17H,2-10,12-13,20H2,1H3/t14-,15-,16-,17+. The lowest BCUT2D eigenvalue weighted by Crippen LogP contribution is -2.52. The number of nitrogens with two attached hydrogens (primary N) is 1. The molecule has 0 amide bonds. The first kappa shape index (κ1) is 20.0. The highest BCUT2D eigenvalue weighted by atomic mass is 32.2. The number of aromatic nitrogens is 2. The van der Waals surface area contributed by atoms with E-state index in [4.69, 9.17) is 15.2 Å². The normalized spacial score (nSPS) is 31.2. The highest BCUT2D eigenvalue weighted by molar-refractivity contribution is 7.90. The second-order valence-electron chi connectivity index (χ2n) is 8.53. The summed E-state index contributed by atoms with van der Waals surface area (Å²) < 4.78 is 35.7. The van der Waals surface area contributed by atoms with E-state index in [1.54, 1.807) is 0 Å². The van der Waals surface area contributed by atoms with Gasteiger partial charge < -0.3 is 15.2 Å². The second-order valence-corrected chi connectivity index (χ2v) is 10.8. The molecule has 8 nitrogen and oxygen atoms in total. The van der Waals surface area contributed by atoms with Gasteiger partial charge in [-0.1, -0.05) is 0 Å². The third kappa shape index (κ3) is 4.46. The second kappa shape index (κ2) is 8.20. The van der Waals surface area contributed by atoms with Crippen LogP contribution in [0.2, 0.25) is 0 Å². The molecule has 28 heavy (non-hydrogen) atoms. The van der Waals surface area contributed by atoms with Crippen molar-refractivity contribution in [3.05, 3.63) is 6.20 Å². The van der Waals surface area contributed by atoms with Crippen molar-refractivity contribution >= 4 is 15.5 Å². The lowest BCUT2D eigenvalue weighted by Gasteiger charge is -2.43. The molecular formula is C19H32N4O4S. The Morgan fingerprint density at radius 3 is 2.36 bits per heavy atom. The fourth-order valence-corrected chi connectivity index (χ4v) is 5.70. The fraction of sp³-hybridized carbons (Fsp3) is 0.842. The van der Waals surface area contributed by atoms with Gasteiger partial charge in [-0.05, 0) is 44.9 Å². The molecule has 3 fully saturated rings. The van der Waals surface area contributed by atoms with E-state index in [0.717, 1.165) is 26.1 Å². The molecule has 158 valence electrons. The van der Waals surface area contributed by atoms with Gasteiger partial charge in [0.15, 0.2) is 0 Å². The lowest BCUT2D eigenvalue weighted by atomic mass is 9.89. The summed E-state index contributed by atoms with van der Waals surface area (Å²) in [6, 6.07) is 2.25. The third-order valence-electron chi connectivity index (χ3n) is 6.38. The first-order chi connectivity index (χ1) is 13.4. The Bertz CT molecular complexity index is 757. The topological polar surface area (TPSA) is 99.7 Å². The number of morpholine rings is 1. The smallest absolute Gasteiger partial charge is 0.256 e. The highest BCUT2D eigenvalue weighted by Gasteiger charge is 2.42. The van der Waals surface area contributed by atoms with Crippen LogP contribution >= 0.6 is 0 Å². The predicted molar refractivity (Wildman–Crippen MR) is 107 cm³/mol. The third-order valence-corrected chi connectivity index (χ3v) is 7.41. The van der Waals surface area contributed by atoms with Crippen molar-refractivity contribution in [3.63, 3.8) is 0 Å². The Morgan fingerprint density at radius 1 is 1.11 bits per heavy atom. The summed E-state index contributed by atoms with van der Waals surface area (Å²) in [5, 5.41) is 4.53. The van der Waals surface area contributed by atoms with Crippen molar-refractivity contribution in [1.82, 2.24) is 14.7 Å². The molecule has 2 bridgehead atoms. The zero-order valence-electron chi connectivity index (χ0n) is 16.6. The van der Waals surface area contributed by atoms with E-state index < -0.39 is 9.84 Å². The molecule has 2 N–H and O–H groups in total. The minimum atomic E-state index is -2.97. The van der Waals surface area contributed by atoms with Crippen LogP contribution in [-0.4, -0.2) is 73.1 Å². The Morgan fingerprint density at radius 2 is 1.71 bits per heavy atom. The summed E-state index contributed by atoms with van der Waals surface area (Å²) in [4.78, 5) is 2.74. The van der Waals surface area contributed by atoms with Crippen LogP contribution in [-0.2, 0) is 14.6 Å². The van der Waals surface area contributed by atoms with Crippen LogP contribution in [0.5, 0.6) is 5.88 Å². The molecule has 1 saturated carbocycles. The number of hydrogen-bond acceptors (Lipinski definition) is 7. The molecule has 0 radical (unpaired) electrons. The summed E-state index contributed by atoms with van der Waals surface area (Å²) in [6.07, 6.45) is 10.6. The molecular weight excluding hydrogens is 380 g/mol. The zero-order valence-corrected chi connectivity index (χ0v) is 17.4. The molecule has 3 heterocycles. The van der Waals surface area contributed by atoms with Gasteiger partial charge in [-0.25, -0.2) is 8.42 Å². The van der Waals surface area contributed by atoms with E-state index in [9.17, 15) is 8.42 Å². The molecule has 2 aliphatic heterocycles. The highest BCUT2D eigenvalue weighted by Crippen LogP contribution is 2.38. The van der Waals surface area contributed by atoms with E-state index in [0.29, 0.717) is 48.8 Å². The van der Waals surface area contributed by atoms with E-state index in [-0.39, 0.29) is 5.75 Å². The monoisotopic (exact) mass is 412 g/mol. The van der Waals surface area contributed by atoms with Crippen molar-refractivity contribution in [2.45, 2.75) is 69.1 Å². The Hall–Kier alpha value is -1.32. The molecule has 1 aromatic heterocycles. The molecule has 3 aliphatic rings. The van der Waals surface area contributed by atoms with E-state index in [2.05, 4.69) is 10.00 Å². The molecule has 2 saturated heterocycles. The van der Waals surface area contributed by atoms with Gasteiger partial charge in [0.05, 0.1) is 37.8 Å². The number of ether oxygens (including phenoxy) is 2. The van der Waals surface area contributed by atoms with Crippen molar-refractivity contribution in [2.24, 2.45) is 0 Å². The van der Waals surface area contributed by atoms with Crippen LogP contribution < -0.4 is 10.5 Å². The van der Waals surface area contributed by atoms with Gasteiger partial charge in [0.1, 0.15) is 15.5 Å². The number of rotatable bonds is 7. The summed E-state index contributed by atoms with van der Waals surface area (Å²) >= 11 is 0. The van der Waals surface area contributed by atoms with Gasteiger partial charge in [-0.15, -0.1) is 5.10 Å². The summed E-state index contributed by atoms with van der Waals surface area (Å²) in [5.41, 5.74) is 6.58. The number of sulfone groups is 1. The molecule has 0 spiro atoms. The van der Waals surface area contributed by atoms with Crippen LogP contribution in [0.4, 0.5) is 5.69 Å². The number of hydrogen-bond donors (Lipinski definition) is 1. The van der Waals surface area contributed by atoms with Crippen LogP contribution in [0.3, 0.4) is 0 Å². The number of nitrogens with zero attached hydrogens (tertiary/aromatic N) is 3. The largest absolute Gasteiger partial charge is 0.475 e. The molecule has 4 rings (SSSR count). The van der Waals surface area contributed by atoms with Crippen LogP contribution in [0.15, 0.2) is 6.20 Å². The van der Waals surface area contributed by atoms with Gasteiger partial charge in [-0.3, -0.25) is 9.58 Å². The van der Waals surface area contributed by atoms with Crippen molar-refractivity contribution < 1.29 is 17.9 Å². The van der Waals surface area contributed by atoms with Gasteiger partial charge >= 0.3 is 0 Å². The minimum Gasteiger partial charge on any atom is -0.475 e. The van der Waals surface area contributed by atoms with E-state index >= 15 is 0 Å². The zero-order chi connectivity index (χ0) is 19.7. The number of fused-ring (bicyclic) bond motifs is 2. The van der Waals surface area contributed by atoms with Crippen LogP contribution in [0.1, 0.15) is 51.0 Å². The van der Waals surface area contributed by atoms with Gasteiger partial charge in [0.2, 0.25) is 0 Å². The van der Waals surface area contributed by atoms with Gasteiger partial charge in [0, 0.05) is 24.4 Å². The molecule has 1 aromatic rings. The van der Waals surface area contributed by atoms with Crippen LogP contribution in [0, 0.1) is 0 Å². The first-order valence-corrected chi connectivity index (χ1v) is 12.5. The van der Waals surface area contributed by atoms with E-state index in [1.165, 1.54) is 31.9 Å². The average Bonchev–Trinajstić information content (AvgIpc) is 3.14. The Kier molecular flexibility index (Phi) is 5.85. The summed E-state index contributed by atoms with van der Waals surface area (Å²) in [7, 11) is -2.97. The van der Waals surface area contributed by atoms with Crippen molar-refractivity contribution in [2.75, 3.05) is 37.6 Å². The quantitative estimate of drug-likeness (QED) is 0.679. The van der Waals surface area contributed by atoms with E-state index in [1.807, 2.05) is 10.9 Å². The number of nitrogen functional groups attached to an aromatic ring is 1. The van der Waals surface area contributed by atoms with Crippen molar-refractivity contribution in [3.8, 4) is 5.88 Å². The van der Waals surface area contributed by atoms with Gasteiger partial charge in [-0.2, -0.15) is 0 Å². The molecule has 2 atom stereocenters. The predicted octanol–water partition coefficient (Wildman–Crippen LogP) is 1.63. The van der Waals surface area contributed by atoms with Crippen LogP contribution in [0.25, 0.3) is 0 Å². The molecule has 0 aromatic carbocycles. The first-order valence-electron chi connectivity index (χ1n) is 10.4. The SMILES string of the molecule is CS(=O)(=O)CCCOc1nn([C@H]2CC[C@H](N3[C@@H]4CC[C@H]3COC4)CC2)cc1N. The summed E-state index contributed by atoms with van der Waals surface area (Å²) in [6.45, 7) is 2.10. The maximum atomic E-state index is 11.2. The Labute approximate surface area is 167 Å². The fourth-order valence-electron chi connectivity index (χ4n) is 5.06. The molecule has 0 unspecified atom stereocenters. The maximum Gasteiger partial charge on any atom is 0.256 e. The lowest BCUT2D eigenvalue weighted by molar-refractivity contribution is -0.0458. The molecule has 1 aliphatic carbocycles. The van der Waals surface area contributed by atoms with Crippen molar-refractivity contribution in [1.29, 1.82) is 0 Å². The maximum absolute atomic E-state index is 11.2.